The number of nitrogens with zero attached hydrogens (tertiary/aromatic N) is 2. The minimum Gasteiger partial charge on any atom is -0.360 e. The molecule has 2 heterocycles. The van der Waals surface area contributed by atoms with Gasteiger partial charge in [0, 0.05) is 25.7 Å². The summed E-state index contributed by atoms with van der Waals surface area (Å²) >= 11 is 0. The number of aryl methyl sites for hydroxylation is 1. The molecule has 118 valence electrons. The Morgan fingerprint density at radius 1 is 1.27 bits per heavy atom. The average molecular weight is 309 g/mol. The number of rotatable bonds is 2. The Morgan fingerprint density at radius 2 is 2.09 bits per heavy atom. The van der Waals surface area contributed by atoms with Crippen LogP contribution < -0.4 is 10.2 Å². The van der Waals surface area contributed by atoms with Crippen molar-refractivity contribution in [2.24, 2.45) is 0 Å². The van der Waals surface area contributed by atoms with Crippen molar-refractivity contribution in [2.75, 3.05) is 37.6 Å². The Bertz CT molecular complexity index is 621. The summed E-state index contributed by atoms with van der Waals surface area (Å²) in [6, 6.07) is 2.17. The second kappa shape index (κ2) is 5.90. The highest BCUT2D eigenvalue weighted by Crippen LogP contribution is 2.30. The first-order valence-electron chi connectivity index (χ1n) is 7.32. The fraction of sp³-hybridized carbons (Fsp3) is 0.467. The van der Waals surface area contributed by atoms with Crippen molar-refractivity contribution in [3.05, 3.63) is 29.3 Å². The van der Waals surface area contributed by atoms with E-state index in [2.05, 4.69) is 5.32 Å². The van der Waals surface area contributed by atoms with Crippen LogP contribution in [-0.2, 0) is 16.0 Å². The highest BCUT2D eigenvalue weighted by atomic mass is 19.1. The summed E-state index contributed by atoms with van der Waals surface area (Å²) in [5, 5.41) is 2.65. The summed E-state index contributed by atoms with van der Waals surface area (Å²) in [7, 11) is 0. The standard InChI is InChI=1S/C15H17F2N3O2/c16-11-6-10-2-1-4-20(15(10)12(17)7-11)9-14(22)19-5-3-18-13(21)8-19/h6-7H,1-5,8-9H2,(H,18,21). The number of carbonyl (C=O) groups is 2. The van der Waals surface area contributed by atoms with Crippen LogP contribution in [0, 0.1) is 11.6 Å². The Labute approximate surface area is 126 Å². The summed E-state index contributed by atoms with van der Waals surface area (Å²) in [4.78, 5) is 26.8. The molecule has 0 aliphatic carbocycles. The molecule has 1 fully saturated rings. The van der Waals surface area contributed by atoms with Crippen LogP contribution in [0.1, 0.15) is 12.0 Å². The lowest BCUT2D eigenvalue weighted by molar-refractivity contribution is -0.137. The third-order valence-electron chi connectivity index (χ3n) is 4.01. The van der Waals surface area contributed by atoms with Gasteiger partial charge in [-0.2, -0.15) is 0 Å². The number of anilines is 1. The molecular weight excluding hydrogens is 292 g/mol. The van der Waals surface area contributed by atoms with Gasteiger partial charge in [0.15, 0.2) is 0 Å². The van der Waals surface area contributed by atoms with Crippen molar-refractivity contribution >= 4 is 17.5 Å². The number of amides is 2. The van der Waals surface area contributed by atoms with Crippen molar-refractivity contribution in [2.45, 2.75) is 12.8 Å². The van der Waals surface area contributed by atoms with E-state index < -0.39 is 11.6 Å². The van der Waals surface area contributed by atoms with Gasteiger partial charge in [-0.15, -0.1) is 0 Å². The van der Waals surface area contributed by atoms with Gasteiger partial charge in [0.25, 0.3) is 0 Å². The molecule has 7 heteroatoms. The van der Waals surface area contributed by atoms with Crippen LogP contribution in [0.15, 0.2) is 12.1 Å². The maximum atomic E-state index is 14.1. The molecule has 0 aromatic heterocycles. The molecule has 0 radical (unpaired) electrons. The molecule has 0 saturated carbocycles. The second-order valence-corrected chi connectivity index (χ2v) is 5.59. The summed E-state index contributed by atoms with van der Waals surface area (Å²) in [5.41, 5.74) is 0.899. The minimum absolute atomic E-state index is 0.00281. The molecule has 2 aliphatic heterocycles. The lowest BCUT2D eigenvalue weighted by atomic mass is 10.0. The van der Waals surface area contributed by atoms with Crippen molar-refractivity contribution in [1.82, 2.24) is 10.2 Å². The Hall–Kier alpha value is -2.18. The zero-order chi connectivity index (χ0) is 15.7. The zero-order valence-electron chi connectivity index (χ0n) is 12.1. The van der Waals surface area contributed by atoms with Crippen LogP contribution in [0.3, 0.4) is 0 Å². The van der Waals surface area contributed by atoms with Crippen molar-refractivity contribution < 1.29 is 18.4 Å². The van der Waals surface area contributed by atoms with Gasteiger partial charge < -0.3 is 15.1 Å². The van der Waals surface area contributed by atoms with E-state index >= 15 is 0 Å². The van der Waals surface area contributed by atoms with E-state index in [9.17, 15) is 18.4 Å². The molecule has 0 atom stereocenters. The monoisotopic (exact) mass is 309 g/mol. The lowest BCUT2D eigenvalue weighted by Gasteiger charge is -2.34. The highest BCUT2D eigenvalue weighted by Gasteiger charge is 2.27. The zero-order valence-corrected chi connectivity index (χ0v) is 12.1. The molecule has 1 N–H and O–H groups in total. The van der Waals surface area contributed by atoms with Gasteiger partial charge in [-0.05, 0) is 24.5 Å². The predicted molar refractivity (Wildman–Crippen MR) is 76.5 cm³/mol. The van der Waals surface area contributed by atoms with Gasteiger partial charge in [-0.3, -0.25) is 9.59 Å². The van der Waals surface area contributed by atoms with Crippen LogP contribution >= 0.6 is 0 Å². The Morgan fingerprint density at radius 3 is 2.86 bits per heavy atom. The molecule has 2 aliphatic rings. The molecular formula is C15H17F2N3O2. The van der Waals surface area contributed by atoms with E-state index in [0.29, 0.717) is 37.3 Å². The van der Waals surface area contributed by atoms with E-state index in [-0.39, 0.29) is 24.9 Å². The fourth-order valence-electron chi connectivity index (χ4n) is 3.01. The number of carbonyl (C=O) groups excluding carboxylic acids is 2. The van der Waals surface area contributed by atoms with Gasteiger partial charge in [0.05, 0.1) is 18.8 Å². The van der Waals surface area contributed by atoms with Gasteiger partial charge in [-0.1, -0.05) is 0 Å². The van der Waals surface area contributed by atoms with Gasteiger partial charge in [0.1, 0.15) is 11.6 Å². The quantitative estimate of drug-likeness (QED) is 0.874. The maximum Gasteiger partial charge on any atom is 0.242 e. The van der Waals surface area contributed by atoms with Crippen LogP contribution in [0.2, 0.25) is 0 Å². The van der Waals surface area contributed by atoms with E-state index in [0.717, 1.165) is 12.5 Å². The third kappa shape index (κ3) is 2.88. The van der Waals surface area contributed by atoms with Crippen LogP contribution in [-0.4, -0.2) is 49.4 Å². The number of halogens is 2. The maximum absolute atomic E-state index is 14.1. The molecule has 0 spiro atoms. The first-order valence-corrected chi connectivity index (χ1v) is 7.32. The largest absolute Gasteiger partial charge is 0.360 e. The number of fused-ring (bicyclic) bond motifs is 1. The first kappa shape index (κ1) is 14.7. The normalized spacial score (nSPS) is 18.0. The minimum atomic E-state index is -0.640. The number of piperazine rings is 1. The SMILES string of the molecule is O=C1CN(C(=O)CN2CCCc3cc(F)cc(F)c32)CCN1. The van der Waals surface area contributed by atoms with E-state index in [1.54, 1.807) is 4.90 Å². The highest BCUT2D eigenvalue weighted by molar-refractivity contribution is 5.88. The molecule has 5 nitrogen and oxygen atoms in total. The Balaban J connectivity index is 1.77. The number of benzene rings is 1. The van der Waals surface area contributed by atoms with E-state index in [1.165, 1.54) is 11.0 Å². The van der Waals surface area contributed by atoms with E-state index in [1.807, 2.05) is 0 Å². The van der Waals surface area contributed by atoms with Crippen molar-refractivity contribution in [3.8, 4) is 0 Å². The molecule has 1 aromatic rings. The predicted octanol–water partition coefficient (Wildman–Crippen LogP) is 0.676. The number of hydrogen-bond donors (Lipinski definition) is 1. The summed E-state index contributed by atoms with van der Waals surface area (Å²) in [5.74, 6) is -1.64. The molecule has 3 rings (SSSR count). The lowest BCUT2D eigenvalue weighted by Crippen LogP contribution is -2.52. The second-order valence-electron chi connectivity index (χ2n) is 5.59. The molecule has 1 aromatic carbocycles. The molecule has 0 bridgehead atoms. The fourth-order valence-corrected chi connectivity index (χ4v) is 3.01. The van der Waals surface area contributed by atoms with Crippen LogP contribution in [0.25, 0.3) is 0 Å². The van der Waals surface area contributed by atoms with Gasteiger partial charge in [-0.25, -0.2) is 8.78 Å². The van der Waals surface area contributed by atoms with Crippen molar-refractivity contribution in [3.63, 3.8) is 0 Å². The third-order valence-corrected chi connectivity index (χ3v) is 4.01. The van der Waals surface area contributed by atoms with Crippen LogP contribution in [0.4, 0.5) is 14.5 Å². The number of hydrogen-bond acceptors (Lipinski definition) is 3. The summed E-state index contributed by atoms with van der Waals surface area (Å²) in [6.07, 6.45) is 1.34. The van der Waals surface area contributed by atoms with E-state index in [4.69, 9.17) is 0 Å². The molecule has 0 unspecified atom stereocenters. The molecule has 2 amide bonds. The van der Waals surface area contributed by atoms with Crippen molar-refractivity contribution in [1.29, 1.82) is 0 Å². The van der Waals surface area contributed by atoms with Gasteiger partial charge >= 0.3 is 0 Å². The summed E-state index contributed by atoms with van der Waals surface area (Å²) < 4.78 is 27.4. The topological polar surface area (TPSA) is 52.7 Å². The first-order chi connectivity index (χ1) is 10.5. The Kier molecular flexibility index (Phi) is 3.96. The van der Waals surface area contributed by atoms with Crippen LogP contribution in [0.5, 0.6) is 0 Å². The number of nitrogens with one attached hydrogen (secondary N) is 1. The smallest absolute Gasteiger partial charge is 0.242 e. The summed E-state index contributed by atoms with van der Waals surface area (Å²) in [6.45, 7) is 1.47. The van der Waals surface area contributed by atoms with Gasteiger partial charge in [0.2, 0.25) is 11.8 Å². The average Bonchev–Trinajstić information content (AvgIpc) is 2.46. The molecule has 22 heavy (non-hydrogen) atoms. The molecule has 1 saturated heterocycles.